The molecule has 1 rings (SSSR count). The number of alkyl halides is 1. The van der Waals surface area contributed by atoms with Crippen molar-refractivity contribution in [2.45, 2.75) is 44.9 Å². The van der Waals surface area contributed by atoms with Gasteiger partial charge in [-0.1, -0.05) is 0 Å². The van der Waals surface area contributed by atoms with E-state index in [2.05, 4.69) is 5.32 Å². The smallest absolute Gasteiger partial charge is 0.408 e. The SMILES string of the molecule is CC(C)(C)OC(=O)NCC(=O)C1(F)CC1. The van der Waals surface area contributed by atoms with Crippen LogP contribution in [0.3, 0.4) is 0 Å². The lowest BCUT2D eigenvalue weighted by Crippen LogP contribution is -2.38. The number of halogens is 1. The van der Waals surface area contributed by atoms with Gasteiger partial charge in [0.25, 0.3) is 0 Å². The van der Waals surface area contributed by atoms with Gasteiger partial charge < -0.3 is 10.1 Å². The summed E-state index contributed by atoms with van der Waals surface area (Å²) in [5, 5.41) is 2.23. The second-order valence-corrected chi connectivity index (χ2v) is 4.74. The van der Waals surface area contributed by atoms with E-state index in [9.17, 15) is 14.0 Å². The maximum absolute atomic E-state index is 13.1. The number of hydrogen-bond acceptors (Lipinski definition) is 3. The number of carbonyl (C=O) groups excluding carboxylic acids is 2. The van der Waals surface area contributed by atoms with Crippen molar-refractivity contribution in [1.82, 2.24) is 5.32 Å². The van der Waals surface area contributed by atoms with Gasteiger partial charge in [-0.3, -0.25) is 4.79 Å². The van der Waals surface area contributed by atoms with Gasteiger partial charge in [-0.2, -0.15) is 0 Å². The standard InChI is InChI=1S/C10H16FNO3/c1-9(2,3)15-8(14)12-6-7(13)10(11)4-5-10/h4-6H2,1-3H3,(H,12,14). The molecule has 0 bridgehead atoms. The fraction of sp³-hybridized carbons (Fsp3) is 0.800. The Balaban J connectivity index is 2.25. The van der Waals surface area contributed by atoms with Gasteiger partial charge in [-0.25, -0.2) is 9.18 Å². The van der Waals surface area contributed by atoms with Crippen LogP contribution >= 0.6 is 0 Å². The highest BCUT2D eigenvalue weighted by Gasteiger charge is 2.50. The molecule has 15 heavy (non-hydrogen) atoms. The molecule has 0 heterocycles. The van der Waals surface area contributed by atoms with Gasteiger partial charge in [0.15, 0.2) is 11.5 Å². The number of ether oxygens (including phenoxy) is 1. The van der Waals surface area contributed by atoms with Crippen molar-refractivity contribution in [3.8, 4) is 0 Å². The van der Waals surface area contributed by atoms with Crippen molar-refractivity contribution in [1.29, 1.82) is 0 Å². The van der Waals surface area contributed by atoms with E-state index in [4.69, 9.17) is 4.74 Å². The molecule has 1 amide bonds. The van der Waals surface area contributed by atoms with Crippen LogP contribution in [0.25, 0.3) is 0 Å². The number of rotatable bonds is 3. The minimum absolute atomic E-state index is 0.266. The van der Waals surface area contributed by atoms with Crippen molar-refractivity contribution < 1.29 is 18.7 Å². The zero-order valence-corrected chi connectivity index (χ0v) is 9.22. The van der Waals surface area contributed by atoms with E-state index in [0.29, 0.717) is 0 Å². The molecule has 1 saturated carbocycles. The third kappa shape index (κ3) is 3.85. The van der Waals surface area contributed by atoms with Crippen LogP contribution < -0.4 is 5.32 Å². The van der Waals surface area contributed by atoms with Crippen molar-refractivity contribution in [2.75, 3.05) is 6.54 Å². The van der Waals surface area contributed by atoms with Crippen LogP contribution in [0, 0.1) is 0 Å². The lowest BCUT2D eigenvalue weighted by Gasteiger charge is -2.19. The Hall–Kier alpha value is -1.13. The minimum atomic E-state index is -1.69. The average molecular weight is 217 g/mol. The lowest BCUT2D eigenvalue weighted by molar-refractivity contribution is -0.124. The van der Waals surface area contributed by atoms with Gasteiger partial charge in [-0.05, 0) is 33.6 Å². The second kappa shape index (κ2) is 3.79. The van der Waals surface area contributed by atoms with Crippen LogP contribution in [0.4, 0.5) is 9.18 Å². The van der Waals surface area contributed by atoms with Crippen molar-refractivity contribution in [3.63, 3.8) is 0 Å². The predicted molar refractivity (Wildman–Crippen MR) is 52.3 cm³/mol. The Morgan fingerprint density at radius 3 is 2.33 bits per heavy atom. The first kappa shape index (κ1) is 11.9. The zero-order chi connectivity index (χ0) is 11.7. The summed E-state index contributed by atoms with van der Waals surface area (Å²) in [4.78, 5) is 22.3. The predicted octanol–water partition coefficient (Wildman–Crippen LogP) is 1.58. The van der Waals surface area contributed by atoms with Gasteiger partial charge in [-0.15, -0.1) is 0 Å². The van der Waals surface area contributed by atoms with Crippen LogP contribution in [0.15, 0.2) is 0 Å². The van der Waals surface area contributed by atoms with E-state index in [0.717, 1.165) is 0 Å². The molecule has 1 fully saturated rings. The summed E-state index contributed by atoms with van der Waals surface area (Å²) < 4.78 is 18.0. The first-order chi connectivity index (χ1) is 6.73. The van der Waals surface area contributed by atoms with Gasteiger partial charge in [0.05, 0.1) is 6.54 Å². The van der Waals surface area contributed by atoms with E-state index < -0.39 is 23.1 Å². The molecule has 0 atom stereocenters. The molecule has 1 N–H and O–H groups in total. The first-order valence-corrected chi connectivity index (χ1v) is 4.92. The number of Topliss-reactive ketones (excluding diaryl/α,β-unsaturated/α-hetero) is 1. The number of ketones is 1. The highest BCUT2D eigenvalue weighted by atomic mass is 19.1. The Labute approximate surface area is 88.2 Å². The average Bonchev–Trinajstić information content (AvgIpc) is 2.77. The summed E-state index contributed by atoms with van der Waals surface area (Å²) >= 11 is 0. The number of carbonyl (C=O) groups is 2. The van der Waals surface area contributed by atoms with E-state index in [1.54, 1.807) is 20.8 Å². The molecular formula is C10H16FNO3. The number of nitrogens with one attached hydrogen (secondary N) is 1. The zero-order valence-electron chi connectivity index (χ0n) is 9.22. The van der Waals surface area contributed by atoms with Crippen LogP contribution in [0.2, 0.25) is 0 Å². The molecule has 0 aliphatic heterocycles. The fourth-order valence-corrected chi connectivity index (χ4v) is 1.01. The minimum Gasteiger partial charge on any atom is -0.444 e. The second-order valence-electron chi connectivity index (χ2n) is 4.74. The molecule has 1 aliphatic rings. The third-order valence-corrected chi connectivity index (χ3v) is 1.98. The van der Waals surface area contributed by atoms with Crippen molar-refractivity contribution >= 4 is 11.9 Å². The molecule has 0 aromatic carbocycles. The summed E-state index contributed by atoms with van der Waals surface area (Å²) in [6.07, 6.45) is -0.163. The van der Waals surface area contributed by atoms with Crippen molar-refractivity contribution in [2.24, 2.45) is 0 Å². The van der Waals surface area contributed by atoms with Crippen LogP contribution in [0.1, 0.15) is 33.6 Å². The van der Waals surface area contributed by atoms with Gasteiger partial charge in [0.1, 0.15) is 5.60 Å². The molecule has 0 spiro atoms. The van der Waals surface area contributed by atoms with E-state index in [1.807, 2.05) is 0 Å². The van der Waals surface area contributed by atoms with Crippen LogP contribution in [-0.2, 0) is 9.53 Å². The fourth-order valence-electron chi connectivity index (χ4n) is 1.01. The van der Waals surface area contributed by atoms with E-state index in [-0.39, 0.29) is 19.4 Å². The highest BCUT2D eigenvalue weighted by molar-refractivity contribution is 5.93. The number of amides is 1. The summed E-state index contributed by atoms with van der Waals surface area (Å²) in [5.41, 5.74) is -2.30. The maximum Gasteiger partial charge on any atom is 0.408 e. The summed E-state index contributed by atoms with van der Waals surface area (Å²) in [6, 6.07) is 0. The summed E-state index contributed by atoms with van der Waals surface area (Å²) in [7, 11) is 0. The molecule has 0 radical (unpaired) electrons. The molecule has 1 aliphatic carbocycles. The molecule has 0 aromatic heterocycles. The van der Waals surface area contributed by atoms with Gasteiger partial charge in [0, 0.05) is 0 Å². The largest absolute Gasteiger partial charge is 0.444 e. The van der Waals surface area contributed by atoms with Crippen LogP contribution in [0.5, 0.6) is 0 Å². The molecule has 86 valence electrons. The van der Waals surface area contributed by atoms with E-state index in [1.165, 1.54) is 0 Å². The van der Waals surface area contributed by atoms with Crippen LogP contribution in [-0.4, -0.2) is 29.7 Å². The number of hydrogen-bond donors (Lipinski definition) is 1. The molecule has 0 unspecified atom stereocenters. The molecule has 5 heteroatoms. The molecule has 0 saturated heterocycles. The Kier molecular flexibility index (Phi) is 3.02. The first-order valence-electron chi connectivity index (χ1n) is 4.92. The van der Waals surface area contributed by atoms with Gasteiger partial charge >= 0.3 is 6.09 Å². The van der Waals surface area contributed by atoms with E-state index >= 15 is 0 Å². The monoisotopic (exact) mass is 217 g/mol. The molecular weight excluding hydrogens is 201 g/mol. The lowest BCUT2D eigenvalue weighted by atomic mass is 10.2. The molecule has 0 aromatic rings. The third-order valence-electron chi connectivity index (χ3n) is 1.98. The Morgan fingerprint density at radius 2 is 1.93 bits per heavy atom. The highest BCUT2D eigenvalue weighted by Crippen LogP contribution is 2.40. The topological polar surface area (TPSA) is 55.4 Å². The van der Waals surface area contributed by atoms with Crippen molar-refractivity contribution in [3.05, 3.63) is 0 Å². The summed E-state index contributed by atoms with van der Waals surface area (Å²) in [5.74, 6) is -0.576. The number of alkyl carbamates (subject to hydrolysis) is 1. The maximum atomic E-state index is 13.1. The van der Waals surface area contributed by atoms with Gasteiger partial charge in [0.2, 0.25) is 0 Å². The quantitative estimate of drug-likeness (QED) is 0.780. The normalized spacial score (nSPS) is 18.1. The molecule has 4 nitrogen and oxygen atoms in total. The Morgan fingerprint density at radius 1 is 1.40 bits per heavy atom. The Bertz CT molecular complexity index is 279. The summed E-state index contributed by atoms with van der Waals surface area (Å²) in [6.45, 7) is 4.84.